The molecule has 3 rings (SSSR count). The molecule has 0 aliphatic heterocycles. The third-order valence-electron chi connectivity index (χ3n) is 3.24. The van der Waals surface area contributed by atoms with Gasteiger partial charge in [-0.2, -0.15) is 5.10 Å². The van der Waals surface area contributed by atoms with Gasteiger partial charge >= 0.3 is 0 Å². The van der Waals surface area contributed by atoms with Crippen LogP contribution in [0.25, 0.3) is 22.2 Å². The van der Waals surface area contributed by atoms with Crippen molar-refractivity contribution in [2.45, 2.75) is 0 Å². The molecule has 3 N–H and O–H groups in total. The Morgan fingerprint density at radius 2 is 1.80 bits per heavy atom. The minimum atomic E-state index is 0.677. The van der Waals surface area contributed by atoms with Crippen molar-refractivity contribution in [1.82, 2.24) is 10.2 Å². The van der Waals surface area contributed by atoms with E-state index in [1.54, 1.807) is 14.2 Å². The molecule has 0 saturated heterocycles. The highest BCUT2D eigenvalue weighted by atomic mass is 16.5. The van der Waals surface area contributed by atoms with Gasteiger partial charge in [0.15, 0.2) is 11.5 Å². The maximum atomic E-state index is 5.77. The molecule has 0 aliphatic carbocycles. The fourth-order valence-corrected chi connectivity index (χ4v) is 2.24. The maximum Gasteiger partial charge on any atom is 0.161 e. The van der Waals surface area contributed by atoms with Crippen LogP contribution in [0.5, 0.6) is 11.5 Å². The largest absolute Gasteiger partial charge is 0.493 e. The van der Waals surface area contributed by atoms with Crippen molar-refractivity contribution in [2.75, 3.05) is 20.0 Å². The number of methoxy groups -OCH3 is 2. The summed E-state index contributed by atoms with van der Waals surface area (Å²) in [5.74, 6) is 1.37. The van der Waals surface area contributed by atoms with Crippen LogP contribution in [-0.4, -0.2) is 24.4 Å². The van der Waals surface area contributed by atoms with E-state index in [4.69, 9.17) is 15.2 Å². The summed E-state index contributed by atoms with van der Waals surface area (Å²) >= 11 is 0. The average Bonchev–Trinajstić information content (AvgIpc) is 2.89. The number of nitrogens with zero attached hydrogens (tertiary/aromatic N) is 1. The van der Waals surface area contributed by atoms with Gasteiger partial charge in [-0.3, -0.25) is 5.10 Å². The minimum Gasteiger partial charge on any atom is -0.493 e. The topological polar surface area (TPSA) is 73.2 Å². The lowest BCUT2D eigenvalue weighted by molar-refractivity contribution is 0.355. The summed E-state index contributed by atoms with van der Waals surface area (Å²) in [6.45, 7) is 0. The Morgan fingerprint density at radius 1 is 1.00 bits per heavy atom. The second kappa shape index (κ2) is 4.77. The van der Waals surface area contributed by atoms with Crippen LogP contribution in [-0.2, 0) is 0 Å². The molecule has 0 atom stereocenters. The molecule has 5 nitrogen and oxygen atoms in total. The van der Waals surface area contributed by atoms with Crippen LogP contribution >= 0.6 is 0 Å². The van der Waals surface area contributed by atoms with Gasteiger partial charge in [0, 0.05) is 16.6 Å². The lowest BCUT2D eigenvalue weighted by Gasteiger charge is -2.08. The molecule has 0 spiro atoms. The molecule has 5 heteroatoms. The molecule has 0 bridgehead atoms. The standard InChI is InChI=1S/C15H15N3O2/c1-19-13-6-3-9(7-14(13)20-2)15-11-5-4-10(16)8-12(11)17-18-15/h3-8H,16H2,1-2H3,(H,17,18). The summed E-state index contributed by atoms with van der Waals surface area (Å²) in [5.41, 5.74) is 9.21. The maximum absolute atomic E-state index is 5.77. The molecule has 0 radical (unpaired) electrons. The number of benzene rings is 2. The Hall–Kier alpha value is -2.69. The molecule has 102 valence electrons. The van der Waals surface area contributed by atoms with Crippen molar-refractivity contribution in [1.29, 1.82) is 0 Å². The fraction of sp³-hybridized carbons (Fsp3) is 0.133. The smallest absolute Gasteiger partial charge is 0.161 e. The highest BCUT2D eigenvalue weighted by Crippen LogP contribution is 2.34. The Labute approximate surface area is 116 Å². The van der Waals surface area contributed by atoms with Crippen LogP contribution in [0.1, 0.15) is 0 Å². The lowest BCUT2D eigenvalue weighted by atomic mass is 10.1. The predicted octanol–water partition coefficient (Wildman–Crippen LogP) is 2.83. The molecular weight excluding hydrogens is 254 g/mol. The molecule has 3 aromatic rings. The van der Waals surface area contributed by atoms with Gasteiger partial charge in [-0.1, -0.05) is 0 Å². The Bertz CT molecular complexity index is 765. The number of aromatic nitrogens is 2. The zero-order valence-corrected chi connectivity index (χ0v) is 11.3. The number of hydrogen-bond acceptors (Lipinski definition) is 4. The van der Waals surface area contributed by atoms with Crippen LogP contribution in [0, 0.1) is 0 Å². The van der Waals surface area contributed by atoms with Crippen molar-refractivity contribution >= 4 is 16.6 Å². The monoisotopic (exact) mass is 269 g/mol. The van der Waals surface area contributed by atoms with Crippen LogP contribution in [0.4, 0.5) is 5.69 Å². The van der Waals surface area contributed by atoms with Crippen molar-refractivity contribution in [3.63, 3.8) is 0 Å². The SMILES string of the molecule is COc1ccc(-c2n[nH]c3cc(N)ccc23)cc1OC. The Morgan fingerprint density at radius 3 is 2.55 bits per heavy atom. The minimum absolute atomic E-state index is 0.677. The van der Waals surface area contributed by atoms with Crippen molar-refractivity contribution in [3.8, 4) is 22.8 Å². The number of nitrogens with two attached hydrogens (primary N) is 1. The molecule has 20 heavy (non-hydrogen) atoms. The first-order valence-corrected chi connectivity index (χ1v) is 6.19. The number of H-pyrrole nitrogens is 1. The predicted molar refractivity (Wildman–Crippen MR) is 79.0 cm³/mol. The summed E-state index contributed by atoms with van der Waals surface area (Å²) in [5, 5.41) is 8.37. The van der Waals surface area contributed by atoms with Crippen LogP contribution in [0.2, 0.25) is 0 Å². The number of ether oxygens (including phenoxy) is 2. The lowest BCUT2D eigenvalue weighted by Crippen LogP contribution is -1.91. The van der Waals surface area contributed by atoms with E-state index >= 15 is 0 Å². The van der Waals surface area contributed by atoms with Crippen LogP contribution < -0.4 is 15.2 Å². The molecule has 2 aromatic carbocycles. The van der Waals surface area contributed by atoms with E-state index < -0.39 is 0 Å². The first kappa shape index (κ1) is 12.3. The third kappa shape index (κ3) is 1.93. The number of fused-ring (bicyclic) bond motifs is 1. The second-order valence-electron chi connectivity index (χ2n) is 4.45. The Kier molecular flexibility index (Phi) is 2.95. The summed E-state index contributed by atoms with van der Waals surface area (Å²) in [4.78, 5) is 0. The Balaban J connectivity index is 2.15. The number of nitrogens with one attached hydrogen (secondary N) is 1. The first-order chi connectivity index (χ1) is 9.72. The summed E-state index contributed by atoms with van der Waals surface area (Å²) < 4.78 is 10.6. The quantitative estimate of drug-likeness (QED) is 0.717. The van der Waals surface area contributed by atoms with E-state index in [0.29, 0.717) is 17.2 Å². The van der Waals surface area contributed by atoms with Crippen molar-refractivity contribution in [2.24, 2.45) is 0 Å². The molecule has 0 saturated carbocycles. The number of rotatable bonds is 3. The molecule has 0 fully saturated rings. The van der Waals surface area contributed by atoms with Crippen molar-refractivity contribution in [3.05, 3.63) is 36.4 Å². The number of hydrogen-bond donors (Lipinski definition) is 2. The van der Waals surface area contributed by atoms with Crippen LogP contribution in [0.3, 0.4) is 0 Å². The van der Waals surface area contributed by atoms with E-state index in [2.05, 4.69) is 10.2 Å². The number of aromatic amines is 1. The van der Waals surface area contributed by atoms with E-state index in [9.17, 15) is 0 Å². The zero-order chi connectivity index (χ0) is 14.1. The van der Waals surface area contributed by atoms with E-state index in [1.165, 1.54) is 0 Å². The van der Waals surface area contributed by atoms with Crippen LogP contribution in [0.15, 0.2) is 36.4 Å². The average molecular weight is 269 g/mol. The molecular formula is C15H15N3O2. The second-order valence-corrected chi connectivity index (χ2v) is 4.45. The van der Waals surface area contributed by atoms with E-state index in [-0.39, 0.29) is 0 Å². The molecule has 0 aliphatic rings. The highest BCUT2D eigenvalue weighted by Gasteiger charge is 2.11. The van der Waals surface area contributed by atoms with Gasteiger partial charge in [0.25, 0.3) is 0 Å². The van der Waals surface area contributed by atoms with E-state index in [1.807, 2.05) is 36.4 Å². The van der Waals surface area contributed by atoms with E-state index in [0.717, 1.165) is 22.2 Å². The molecule has 1 heterocycles. The normalized spacial score (nSPS) is 10.7. The molecule has 0 unspecified atom stereocenters. The number of anilines is 1. The van der Waals surface area contributed by atoms with Gasteiger partial charge in [-0.05, 0) is 36.4 Å². The summed E-state index contributed by atoms with van der Waals surface area (Å²) in [7, 11) is 3.23. The van der Waals surface area contributed by atoms with Gasteiger partial charge in [0.1, 0.15) is 5.69 Å². The van der Waals surface area contributed by atoms with Gasteiger partial charge in [0.05, 0.1) is 19.7 Å². The van der Waals surface area contributed by atoms with Gasteiger partial charge < -0.3 is 15.2 Å². The third-order valence-corrected chi connectivity index (χ3v) is 3.24. The summed E-state index contributed by atoms with van der Waals surface area (Å²) in [6.07, 6.45) is 0. The highest BCUT2D eigenvalue weighted by molar-refractivity contribution is 5.94. The van der Waals surface area contributed by atoms with Crippen molar-refractivity contribution < 1.29 is 9.47 Å². The van der Waals surface area contributed by atoms with Gasteiger partial charge in [0.2, 0.25) is 0 Å². The van der Waals surface area contributed by atoms with Gasteiger partial charge in [-0.25, -0.2) is 0 Å². The van der Waals surface area contributed by atoms with Gasteiger partial charge in [-0.15, -0.1) is 0 Å². The molecule has 1 aromatic heterocycles. The summed E-state index contributed by atoms with van der Waals surface area (Å²) in [6, 6.07) is 11.4. The first-order valence-electron chi connectivity index (χ1n) is 6.19. The zero-order valence-electron chi connectivity index (χ0n) is 11.3. The molecule has 0 amide bonds. The number of nitrogen functional groups attached to an aromatic ring is 1. The fourth-order valence-electron chi connectivity index (χ4n) is 2.24.